The molecule has 0 aromatic heterocycles. The van der Waals surface area contributed by atoms with Crippen LogP contribution in [0.1, 0.15) is 0 Å². The first-order valence-corrected chi connectivity index (χ1v) is 4.35. The highest BCUT2D eigenvalue weighted by atomic mass is 32.2. The molecule has 1 unspecified atom stereocenters. The van der Waals surface area contributed by atoms with Crippen molar-refractivity contribution in [3.8, 4) is 0 Å². The van der Waals surface area contributed by atoms with Crippen molar-refractivity contribution in [3.05, 3.63) is 0 Å². The summed E-state index contributed by atoms with van der Waals surface area (Å²) in [5, 5.41) is 13.9. The molecule has 0 aliphatic carbocycles. The molecule has 8 nitrogen and oxygen atoms in total. The lowest BCUT2D eigenvalue weighted by molar-refractivity contribution is -0.144. The van der Waals surface area contributed by atoms with Gasteiger partial charge in [-0.25, -0.2) is 0 Å². The largest absolute Gasteiger partial charge is 0.480 e. The van der Waals surface area contributed by atoms with Crippen LogP contribution in [0.15, 0.2) is 0 Å². The minimum Gasteiger partial charge on any atom is -0.480 e. The number of carboxylic acid groups (broad SMARTS) is 2. The highest BCUT2D eigenvalue weighted by Gasteiger charge is 2.40. The van der Waals surface area contributed by atoms with Gasteiger partial charge in [-0.2, -0.15) is 8.42 Å². The van der Waals surface area contributed by atoms with Crippen LogP contribution in [0.3, 0.4) is 0 Å². The summed E-state index contributed by atoms with van der Waals surface area (Å²) in [6.07, 6.45) is 0. The highest BCUT2D eigenvalue weighted by Crippen LogP contribution is 2.03. The third-order valence-corrected chi connectivity index (χ3v) is 2.31. The molecule has 0 aromatic carbocycles. The van der Waals surface area contributed by atoms with E-state index in [0.29, 0.717) is 0 Å². The smallest absolute Gasteiger partial charge is 0.326 e. The summed E-state index contributed by atoms with van der Waals surface area (Å²) in [6, 6.07) is -2.20. The lowest BCUT2D eigenvalue weighted by atomic mass is 10.2. The van der Waals surface area contributed by atoms with E-state index >= 15 is 0 Å². The molecule has 2 atom stereocenters. The molecule has 13 heavy (non-hydrogen) atoms. The van der Waals surface area contributed by atoms with E-state index < -0.39 is 33.3 Å². The molecule has 76 valence electrons. The summed E-state index contributed by atoms with van der Waals surface area (Å²) in [5.74, 6) is -3.84. The first-order chi connectivity index (χ1) is 5.68. The Balaban J connectivity index is 5.07. The molecule has 5 N–H and O–H groups in total. The molecular formula is C4H7NO7S. The maximum Gasteiger partial charge on any atom is 0.326 e. The van der Waals surface area contributed by atoms with Gasteiger partial charge in [0.15, 0.2) is 0 Å². The Labute approximate surface area is 72.7 Å². The molecule has 0 aromatic rings. The van der Waals surface area contributed by atoms with Crippen LogP contribution in [0, 0.1) is 0 Å². The minimum absolute atomic E-state index is 1.83. The zero-order chi connectivity index (χ0) is 10.8. The third kappa shape index (κ3) is 2.97. The number of hydrogen-bond acceptors (Lipinski definition) is 5. The molecule has 0 saturated carbocycles. The Bertz CT molecular complexity index is 319. The number of nitrogens with two attached hydrogens (primary N) is 1. The average molecular weight is 213 g/mol. The molecule has 0 saturated heterocycles. The van der Waals surface area contributed by atoms with Crippen LogP contribution in [0.4, 0.5) is 0 Å². The van der Waals surface area contributed by atoms with Crippen molar-refractivity contribution in [3.63, 3.8) is 0 Å². The van der Waals surface area contributed by atoms with Crippen molar-refractivity contribution in [1.82, 2.24) is 0 Å². The topological polar surface area (TPSA) is 155 Å². The van der Waals surface area contributed by atoms with Crippen LogP contribution in [0.25, 0.3) is 0 Å². The molecule has 0 spiro atoms. The summed E-state index contributed by atoms with van der Waals surface area (Å²) in [4.78, 5) is 20.3. The van der Waals surface area contributed by atoms with Crippen LogP contribution < -0.4 is 5.73 Å². The summed E-state index contributed by atoms with van der Waals surface area (Å²) < 4.78 is 29.0. The Morgan fingerprint density at radius 1 is 1.15 bits per heavy atom. The number of carbonyl (C=O) groups is 2. The second-order valence-electron chi connectivity index (χ2n) is 2.14. The predicted octanol–water partition coefficient (Wildman–Crippen LogP) is -2.26. The molecule has 0 heterocycles. The second-order valence-corrected chi connectivity index (χ2v) is 3.68. The quantitative estimate of drug-likeness (QED) is 0.381. The van der Waals surface area contributed by atoms with Crippen LogP contribution in [-0.4, -0.2) is 46.4 Å². The van der Waals surface area contributed by atoms with Crippen molar-refractivity contribution in [2.24, 2.45) is 5.73 Å². The van der Waals surface area contributed by atoms with E-state index in [9.17, 15) is 18.0 Å². The summed E-state index contributed by atoms with van der Waals surface area (Å²) in [6.45, 7) is 0. The molecule has 0 radical (unpaired) electrons. The maximum atomic E-state index is 10.4. The summed E-state index contributed by atoms with van der Waals surface area (Å²) in [7, 11) is -5.01. The molecule has 0 aliphatic heterocycles. The lowest BCUT2D eigenvalue weighted by Crippen LogP contribution is -2.50. The fourth-order valence-electron chi connectivity index (χ4n) is 0.596. The molecule has 0 aliphatic rings. The Morgan fingerprint density at radius 2 is 1.54 bits per heavy atom. The van der Waals surface area contributed by atoms with Gasteiger partial charge in [-0.3, -0.25) is 14.1 Å². The lowest BCUT2D eigenvalue weighted by Gasteiger charge is -2.12. The van der Waals surface area contributed by atoms with E-state index in [1.54, 1.807) is 0 Å². The number of aliphatic carboxylic acids is 2. The predicted molar refractivity (Wildman–Crippen MR) is 38.6 cm³/mol. The highest BCUT2D eigenvalue weighted by molar-refractivity contribution is 7.87. The van der Waals surface area contributed by atoms with Gasteiger partial charge in [-0.1, -0.05) is 0 Å². The van der Waals surface area contributed by atoms with Gasteiger partial charge < -0.3 is 15.9 Å². The van der Waals surface area contributed by atoms with Crippen LogP contribution in [0.2, 0.25) is 0 Å². The second kappa shape index (κ2) is 3.68. The van der Waals surface area contributed by atoms with E-state index in [1.165, 1.54) is 0 Å². The first-order valence-electron chi connectivity index (χ1n) is 2.85. The molecule has 9 heteroatoms. The fraction of sp³-hybridized carbons (Fsp3) is 0.500. The van der Waals surface area contributed by atoms with Gasteiger partial charge in [0.05, 0.1) is 0 Å². The van der Waals surface area contributed by atoms with Crippen molar-refractivity contribution in [2.45, 2.75) is 11.3 Å². The van der Waals surface area contributed by atoms with Crippen molar-refractivity contribution in [1.29, 1.82) is 0 Å². The van der Waals surface area contributed by atoms with Crippen molar-refractivity contribution >= 4 is 22.1 Å². The molecule has 0 rings (SSSR count). The van der Waals surface area contributed by atoms with E-state index in [0.717, 1.165) is 0 Å². The number of rotatable bonds is 4. The SMILES string of the molecule is N[C@H](C(=O)O)C(C(=O)O)S(=O)(=O)O. The summed E-state index contributed by atoms with van der Waals surface area (Å²) >= 11 is 0. The molecule has 0 bridgehead atoms. The Morgan fingerprint density at radius 3 is 1.62 bits per heavy atom. The molecule has 0 amide bonds. The van der Waals surface area contributed by atoms with Crippen molar-refractivity contribution in [2.75, 3.05) is 0 Å². The van der Waals surface area contributed by atoms with E-state index in [1.807, 2.05) is 0 Å². The zero-order valence-corrected chi connectivity index (χ0v) is 6.93. The first kappa shape index (κ1) is 11.8. The van der Waals surface area contributed by atoms with E-state index in [-0.39, 0.29) is 0 Å². The van der Waals surface area contributed by atoms with Gasteiger partial charge in [-0.15, -0.1) is 0 Å². The zero-order valence-electron chi connectivity index (χ0n) is 6.11. The van der Waals surface area contributed by atoms with Crippen LogP contribution in [-0.2, 0) is 19.7 Å². The van der Waals surface area contributed by atoms with E-state index in [2.05, 4.69) is 0 Å². The average Bonchev–Trinajstić information content (AvgIpc) is 1.82. The minimum atomic E-state index is -5.01. The van der Waals surface area contributed by atoms with Gasteiger partial charge in [0.2, 0.25) is 5.25 Å². The van der Waals surface area contributed by atoms with Gasteiger partial charge in [0.1, 0.15) is 6.04 Å². The number of carboxylic acids is 2. The normalized spacial score (nSPS) is 16.2. The van der Waals surface area contributed by atoms with Gasteiger partial charge in [0.25, 0.3) is 10.1 Å². The third-order valence-electron chi connectivity index (χ3n) is 1.18. The molecule has 0 fully saturated rings. The fourth-order valence-corrected chi connectivity index (χ4v) is 1.34. The van der Waals surface area contributed by atoms with Gasteiger partial charge >= 0.3 is 11.9 Å². The summed E-state index contributed by atoms with van der Waals surface area (Å²) in [5.41, 5.74) is 4.73. The number of hydrogen-bond donors (Lipinski definition) is 4. The molecular weight excluding hydrogens is 206 g/mol. The van der Waals surface area contributed by atoms with Crippen molar-refractivity contribution < 1.29 is 32.8 Å². The maximum absolute atomic E-state index is 10.4. The van der Waals surface area contributed by atoms with Gasteiger partial charge in [0, 0.05) is 0 Å². The standard InChI is InChI=1S/C4H7NO7S/c5-1(3(6)7)2(4(8)9)13(10,11)12/h1-2H,5H2,(H,6,7)(H,8,9)(H,10,11,12)/t1-,2?/m0/s1. The van der Waals surface area contributed by atoms with Crippen LogP contribution in [0.5, 0.6) is 0 Å². The van der Waals surface area contributed by atoms with Crippen LogP contribution >= 0.6 is 0 Å². The van der Waals surface area contributed by atoms with Gasteiger partial charge in [-0.05, 0) is 0 Å². The Kier molecular flexibility index (Phi) is 3.34. The Hall–Kier alpha value is -1.19. The van der Waals surface area contributed by atoms with E-state index in [4.69, 9.17) is 20.5 Å². The monoisotopic (exact) mass is 213 g/mol.